The van der Waals surface area contributed by atoms with Crippen molar-refractivity contribution in [3.8, 4) is 11.1 Å². The Balaban J connectivity index is 1.44. The summed E-state index contributed by atoms with van der Waals surface area (Å²) in [6.07, 6.45) is 2.07. The van der Waals surface area contributed by atoms with Crippen molar-refractivity contribution in [1.29, 1.82) is 0 Å². The van der Waals surface area contributed by atoms with E-state index in [0.29, 0.717) is 0 Å². The quantitative estimate of drug-likeness (QED) is 0.146. The molecule has 0 fully saturated rings. The summed E-state index contributed by atoms with van der Waals surface area (Å²) < 4.78 is 0. The predicted octanol–water partition coefficient (Wildman–Crippen LogP) is 13.3. The van der Waals surface area contributed by atoms with Crippen molar-refractivity contribution >= 4 is 39.2 Å². The maximum absolute atomic E-state index is 4.42. The molecule has 2 heteroatoms. The van der Waals surface area contributed by atoms with E-state index in [0.717, 1.165) is 34.0 Å². The second-order valence-electron chi connectivity index (χ2n) is 13.0. The van der Waals surface area contributed by atoms with Crippen LogP contribution in [-0.4, -0.2) is 0 Å². The monoisotopic (exact) mass is 634 g/mol. The first-order valence-electron chi connectivity index (χ1n) is 17.0. The summed E-state index contributed by atoms with van der Waals surface area (Å²) in [5, 5.41) is 2.39. The zero-order chi connectivity index (χ0) is 33.9. The van der Waals surface area contributed by atoms with Crippen LogP contribution < -0.4 is 9.80 Å². The van der Waals surface area contributed by atoms with Gasteiger partial charge in [-0.05, 0) is 110 Å². The Labute approximate surface area is 291 Å². The first-order chi connectivity index (χ1) is 23.9. The van der Waals surface area contributed by atoms with Crippen molar-refractivity contribution < 1.29 is 0 Å². The van der Waals surface area contributed by atoms with Gasteiger partial charge in [-0.25, -0.2) is 0 Å². The van der Waals surface area contributed by atoms with Gasteiger partial charge in [-0.1, -0.05) is 125 Å². The number of hydrogen-bond acceptors (Lipinski definition) is 2. The number of anilines is 5. The number of nitrogens with zero attached hydrogens (tertiary/aromatic N) is 2. The Morgan fingerprint density at radius 3 is 1.45 bits per heavy atom. The molecule has 240 valence electrons. The molecule has 0 aromatic heterocycles. The van der Waals surface area contributed by atoms with E-state index in [4.69, 9.17) is 0 Å². The first-order valence-corrected chi connectivity index (χ1v) is 17.0. The molecular formula is C47H42N2. The molecule has 0 spiro atoms. The van der Waals surface area contributed by atoms with E-state index in [1.54, 1.807) is 0 Å². The molecule has 2 nitrogen and oxygen atoms in total. The maximum atomic E-state index is 4.42. The molecule has 0 N–H and O–H groups in total. The normalized spacial score (nSPS) is 11.7. The van der Waals surface area contributed by atoms with Crippen molar-refractivity contribution in [3.63, 3.8) is 0 Å². The molecule has 49 heavy (non-hydrogen) atoms. The van der Waals surface area contributed by atoms with Gasteiger partial charge in [0.05, 0.1) is 11.7 Å². The SMILES string of the molecule is C=CC(c1ccccc1-c1cc(N(c2ccc(C)cc2)c2ccc(C)cc2)c2ccccc2c1)N(c1ccc(C)cc1)c1ccc(C)cc1. The molecule has 7 rings (SSSR count). The fourth-order valence-corrected chi connectivity index (χ4v) is 6.72. The van der Waals surface area contributed by atoms with Gasteiger partial charge in [-0.3, -0.25) is 0 Å². The van der Waals surface area contributed by atoms with Crippen LogP contribution in [0.1, 0.15) is 33.9 Å². The van der Waals surface area contributed by atoms with Gasteiger partial charge in [-0.15, -0.1) is 6.58 Å². The van der Waals surface area contributed by atoms with E-state index in [1.807, 2.05) is 0 Å². The average molecular weight is 635 g/mol. The molecule has 0 saturated heterocycles. The Bertz CT molecular complexity index is 2120. The molecule has 0 aliphatic heterocycles. The van der Waals surface area contributed by atoms with Gasteiger partial charge in [0.1, 0.15) is 0 Å². The molecular weight excluding hydrogens is 593 g/mol. The summed E-state index contributed by atoms with van der Waals surface area (Å²) in [5.74, 6) is 0. The molecule has 7 aromatic rings. The first kappa shape index (κ1) is 31.7. The van der Waals surface area contributed by atoms with Gasteiger partial charge in [0, 0.05) is 28.1 Å². The lowest BCUT2D eigenvalue weighted by Gasteiger charge is -2.34. The molecule has 0 amide bonds. The van der Waals surface area contributed by atoms with Crippen molar-refractivity contribution in [1.82, 2.24) is 0 Å². The van der Waals surface area contributed by atoms with E-state index >= 15 is 0 Å². The number of rotatable bonds is 9. The van der Waals surface area contributed by atoms with Crippen LogP contribution in [0.2, 0.25) is 0 Å². The zero-order valence-electron chi connectivity index (χ0n) is 28.8. The van der Waals surface area contributed by atoms with Crippen LogP contribution in [0.5, 0.6) is 0 Å². The number of fused-ring (bicyclic) bond motifs is 1. The zero-order valence-corrected chi connectivity index (χ0v) is 28.8. The Hall–Kier alpha value is -5.86. The summed E-state index contributed by atoms with van der Waals surface area (Å²) in [5.41, 5.74) is 14.1. The van der Waals surface area contributed by atoms with E-state index in [9.17, 15) is 0 Å². The van der Waals surface area contributed by atoms with Crippen LogP contribution in [0.3, 0.4) is 0 Å². The summed E-state index contributed by atoms with van der Waals surface area (Å²) in [6, 6.07) is 57.3. The lowest BCUT2D eigenvalue weighted by atomic mass is 9.91. The Kier molecular flexibility index (Phi) is 8.87. The average Bonchev–Trinajstić information content (AvgIpc) is 3.13. The van der Waals surface area contributed by atoms with E-state index in [1.165, 1.54) is 44.2 Å². The highest BCUT2D eigenvalue weighted by atomic mass is 15.2. The molecule has 0 saturated carbocycles. The molecule has 7 aromatic carbocycles. The fraction of sp³-hybridized carbons (Fsp3) is 0.106. The number of benzene rings is 7. The Morgan fingerprint density at radius 1 is 0.490 bits per heavy atom. The predicted molar refractivity (Wildman–Crippen MR) is 211 cm³/mol. The standard InChI is InChI=1S/C47H42N2/c1-6-46(48(39-23-15-33(2)16-24-39)40-25-17-34(3)18-26-40)45-14-10-9-12-43(45)38-31-37-11-7-8-13-44(37)47(32-38)49(41-27-19-35(4)20-28-41)42-29-21-36(5)22-30-42/h6-32,46H,1H2,2-5H3. The van der Waals surface area contributed by atoms with Crippen LogP contribution in [-0.2, 0) is 0 Å². The van der Waals surface area contributed by atoms with E-state index < -0.39 is 0 Å². The second kappa shape index (κ2) is 13.7. The van der Waals surface area contributed by atoms with Crippen molar-refractivity contribution in [2.24, 2.45) is 0 Å². The van der Waals surface area contributed by atoms with Gasteiger partial charge in [0.2, 0.25) is 0 Å². The molecule has 1 unspecified atom stereocenters. The highest BCUT2D eigenvalue weighted by Gasteiger charge is 2.24. The van der Waals surface area contributed by atoms with Crippen molar-refractivity contribution in [2.75, 3.05) is 9.80 Å². The Morgan fingerprint density at radius 2 is 0.939 bits per heavy atom. The molecule has 0 bridgehead atoms. The third-order valence-electron chi connectivity index (χ3n) is 9.38. The highest BCUT2D eigenvalue weighted by Crippen LogP contribution is 2.44. The topological polar surface area (TPSA) is 6.48 Å². The molecule has 0 heterocycles. The van der Waals surface area contributed by atoms with Crippen molar-refractivity contribution in [2.45, 2.75) is 33.7 Å². The van der Waals surface area contributed by atoms with E-state index in [2.05, 4.69) is 208 Å². The van der Waals surface area contributed by atoms with Gasteiger partial charge in [0.15, 0.2) is 0 Å². The lowest BCUT2D eigenvalue weighted by molar-refractivity contribution is 0.854. The van der Waals surface area contributed by atoms with E-state index in [-0.39, 0.29) is 6.04 Å². The van der Waals surface area contributed by atoms with Gasteiger partial charge >= 0.3 is 0 Å². The van der Waals surface area contributed by atoms with Crippen LogP contribution in [0.15, 0.2) is 170 Å². The van der Waals surface area contributed by atoms with Crippen LogP contribution >= 0.6 is 0 Å². The number of aryl methyl sites for hydroxylation is 4. The molecule has 0 radical (unpaired) electrons. The fourth-order valence-electron chi connectivity index (χ4n) is 6.72. The van der Waals surface area contributed by atoms with Crippen molar-refractivity contribution in [3.05, 3.63) is 198 Å². The highest BCUT2D eigenvalue weighted by molar-refractivity contribution is 6.02. The van der Waals surface area contributed by atoms with Crippen LogP contribution in [0.25, 0.3) is 21.9 Å². The minimum atomic E-state index is -0.123. The lowest BCUT2D eigenvalue weighted by Crippen LogP contribution is -2.23. The number of hydrogen-bond donors (Lipinski definition) is 0. The second-order valence-corrected chi connectivity index (χ2v) is 13.0. The molecule has 0 aliphatic carbocycles. The third kappa shape index (κ3) is 6.51. The maximum Gasteiger partial charge on any atom is 0.0778 e. The smallest absolute Gasteiger partial charge is 0.0778 e. The third-order valence-corrected chi connectivity index (χ3v) is 9.38. The van der Waals surface area contributed by atoms with Crippen LogP contribution in [0, 0.1) is 27.7 Å². The summed E-state index contributed by atoms with van der Waals surface area (Å²) >= 11 is 0. The molecule has 0 aliphatic rings. The summed E-state index contributed by atoms with van der Waals surface area (Å²) in [6.45, 7) is 13.0. The van der Waals surface area contributed by atoms with Gasteiger partial charge in [-0.2, -0.15) is 0 Å². The molecule has 1 atom stereocenters. The summed E-state index contributed by atoms with van der Waals surface area (Å²) in [4.78, 5) is 4.79. The van der Waals surface area contributed by atoms with Gasteiger partial charge < -0.3 is 9.80 Å². The summed E-state index contributed by atoms with van der Waals surface area (Å²) in [7, 11) is 0. The minimum Gasteiger partial charge on any atom is -0.330 e. The minimum absolute atomic E-state index is 0.123. The van der Waals surface area contributed by atoms with Gasteiger partial charge in [0.25, 0.3) is 0 Å². The largest absolute Gasteiger partial charge is 0.330 e. The van der Waals surface area contributed by atoms with Crippen LogP contribution in [0.4, 0.5) is 28.4 Å².